The average molecular weight is 156 g/mol. The summed E-state index contributed by atoms with van der Waals surface area (Å²) in [4.78, 5) is 21.5. The van der Waals surface area contributed by atoms with E-state index < -0.39 is 18.5 Å². The number of hydrogen-bond acceptors (Lipinski definition) is 2. The average Bonchev–Trinajstić information content (AvgIpc) is 2.02. The number of rotatable bonds is 1. The molecule has 1 rings (SSSR count). The molecule has 0 atom stereocenters. The zero-order valence-corrected chi connectivity index (χ0v) is 5.44. The largest absolute Gasteiger partial charge is 0.478 e. The Morgan fingerprint density at radius 2 is 2.45 bits per heavy atom. The lowest BCUT2D eigenvalue weighted by Gasteiger charge is -1.96. The highest BCUT2D eigenvalue weighted by molar-refractivity contribution is 5.87. The fourth-order valence-electron chi connectivity index (χ4n) is 0.614. The van der Waals surface area contributed by atoms with E-state index in [4.69, 9.17) is 9.22 Å². The first-order valence-corrected chi connectivity index (χ1v) is 2.79. The Balaban J connectivity index is 3.37. The second-order valence-corrected chi connectivity index (χ2v) is 1.93. The van der Waals surface area contributed by atoms with Gasteiger partial charge in [-0.15, -0.1) is 0 Å². The molecule has 4 nitrogen and oxygen atoms in total. The molecule has 0 radical (unpaired) electrons. The van der Waals surface area contributed by atoms with E-state index in [1.165, 1.54) is 0 Å². The summed E-state index contributed by atoms with van der Waals surface area (Å²) in [6.45, 7) is -2.65. The van der Waals surface area contributed by atoms with Gasteiger partial charge in [-0.05, 0) is 6.07 Å². The van der Waals surface area contributed by atoms with E-state index >= 15 is 0 Å². The fraction of sp³-hybridized carbons (Fsp3) is 0.143. The van der Waals surface area contributed by atoms with Crippen LogP contribution in [-0.2, 0) is 6.98 Å². The highest BCUT2D eigenvalue weighted by atomic mass is 16.4. The standard InChI is InChI=1S/C7H7NO3/c1-8-4-5(7(10)11)2-3-6(8)9/h2-4H,1H3,(H,10,11)/i1D3. The molecular weight excluding hydrogens is 146 g/mol. The summed E-state index contributed by atoms with van der Waals surface area (Å²) < 4.78 is 21.3. The second kappa shape index (κ2) is 2.57. The SMILES string of the molecule is [2H]C([2H])([2H])n1cc(C(=O)O)ccc1=O. The van der Waals surface area contributed by atoms with Gasteiger partial charge in [-0.2, -0.15) is 0 Å². The number of pyridine rings is 1. The highest BCUT2D eigenvalue weighted by Crippen LogP contribution is 1.92. The zero-order chi connectivity index (χ0) is 10.9. The van der Waals surface area contributed by atoms with Crippen molar-refractivity contribution in [3.8, 4) is 0 Å². The van der Waals surface area contributed by atoms with Crippen molar-refractivity contribution < 1.29 is 14.0 Å². The molecule has 0 aliphatic carbocycles. The van der Waals surface area contributed by atoms with Crippen molar-refractivity contribution in [2.75, 3.05) is 0 Å². The fourth-order valence-corrected chi connectivity index (χ4v) is 0.614. The number of carboxylic acids is 1. The Labute approximate surface area is 66.9 Å². The molecule has 1 aromatic rings. The molecule has 58 valence electrons. The van der Waals surface area contributed by atoms with Crippen LogP contribution in [0.25, 0.3) is 0 Å². The van der Waals surface area contributed by atoms with Gasteiger partial charge in [0, 0.05) is 23.4 Å². The van der Waals surface area contributed by atoms with E-state index in [1.54, 1.807) is 0 Å². The maximum absolute atomic E-state index is 11.1. The molecule has 0 amide bonds. The van der Waals surface area contributed by atoms with Gasteiger partial charge in [-0.3, -0.25) is 4.79 Å². The van der Waals surface area contributed by atoms with Crippen molar-refractivity contribution in [2.45, 2.75) is 0 Å². The summed E-state index contributed by atoms with van der Waals surface area (Å²) in [5.41, 5.74) is -0.990. The molecule has 11 heavy (non-hydrogen) atoms. The van der Waals surface area contributed by atoms with Crippen LogP contribution in [0.2, 0.25) is 0 Å². The van der Waals surface area contributed by atoms with E-state index in [2.05, 4.69) is 0 Å². The lowest BCUT2D eigenvalue weighted by molar-refractivity contribution is 0.0696. The third-order valence-corrected chi connectivity index (χ3v) is 1.16. The lowest BCUT2D eigenvalue weighted by Crippen LogP contribution is -2.16. The Morgan fingerprint density at radius 3 is 3.00 bits per heavy atom. The molecule has 1 heterocycles. The first-order valence-electron chi connectivity index (χ1n) is 4.29. The van der Waals surface area contributed by atoms with Crippen molar-refractivity contribution in [3.63, 3.8) is 0 Å². The van der Waals surface area contributed by atoms with Gasteiger partial charge in [0.25, 0.3) is 0 Å². The zero-order valence-electron chi connectivity index (χ0n) is 8.44. The van der Waals surface area contributed by atoms with Crippen molar-refractivity contribution in [2.24, 2.45) is 6.98 Å². The van der Waals surface area contributed by atoms with E-state index in [0.29, 0.717) is 4.57 Å². The van der Waals surface area contributed by atoms with Crippen molar-refractivity contribution in [1.82, 2.24) is 4.57 Å². The Hall–Kier alpha value is -1.58. The molecule has 4 heteroatoms. The minimum Gasteiger partial charge on any atom is -0.478 e. The van der Waals surface area contributed by atoms with Crippen LogP contribution in [0.5, 0.6) is 0 Å². The molecule has 0 saturated heterocycles. The predicted molar refractivity (Wildman–Crippen MR) is 38.6 cm³/mol. The van der Waals surface area contributed by atoms with Gasteiger partial charge in [0.2, 0.25) is 5.56 Å². The number of hydrogen-bond donors (Lipinski definition) is 1. The number of aromatic nitrogens is 1. The van der Waals surface area contributed by atoms with E-state index in [1.807, 2.05) is 0 Å². The number of aryl methyl sites for hydroxylation is 1. The molecule has 0 fully saturated rings. The van der Waals surface area contributed by atoms with Crippen LogP contribution < -0.4 is 5.56 Å². The van der Waals surface area contributed by atoms with Crippen LogP contribution >= 0.6 is 0 Å². The van der Waals surface area contributed by atoms with Gasteiger partial charge in [0.15, 0.2) is 0 Å². The quantitative estimate of drug-likeness (QED) is 0.626. The van der Waals surface area contributed by atoms with Crippen LogP contribution in [-0.4, -0.2) is 15.6 Å². The Bertz CT molecular complexity index is 421. The van der Waals surface area contributed by atoms with Crippen LogP contribution in [0.3, 0.4) is 0 Å². The Kier molecular flexibility index (Phi) is 1.01. The second-order valence-electron chi connectivity index (χ2n) is 1.93. The van der Waals surface area contributed by atoms with Gasteiger partial charge in [-0.1, -0.05) is 0 Å². The molecule has 0 aromatic carbocycles. The Morgan fingerprint density at radius 1 is 1.73 bits per heavy atom. The molecule has 0 aliphatic heterocycles. The summed E-state index contributed by atoms with van der Waals surface area (Å²) >= 11 is 0. The van der Waals surface area contributed by atoms with Gasteiger partial charge >= 0.3 is 5.97 Å². The molecule has 1 aromatic heterocycles. The third kappa shape index (κ3) is 1.46. The van der Waals surface area contributed by atoms with E-state index in [9.17, 15) is 9.59 Å². The summed E-state index contributed by atoms with van der Waals surface area (Å²) in [7, 11) is 0. The predicted octanol–water partition coefficient (Wildman–Crippen LogP) is 0.0835. The van der Waals surface area contributed by atoms with E-state index in [0.717, 1.165) is 18.3 Å². The molecule has 0 saturated carbocycles. The summed E-state index contributed by atoms with van der Waals surface area (Å²) in [5, 5.41) is 8.57. The van der Waals surface area contributed by atoms with Crippen molar-refractivity contribution >= 4 is 5.97 Å². The van der Waals surface area contributed by atoms with E-state index in [-0.39, 0.29) is 5.56 Å². The third-order valence-electron chi connectivity index (χ3n) is 1.16. The summed E-state index contributed by atoms with van der Waals surface area (Å²) in [6, 6.07) is 1.97. The molecule has 0 aliphatic rings. The number of nitrogens with zero attached hydrogens (tertiary/aromatic N) is 1. The molecular formula is C7H7NO3. The molecule has 0 spiro atoms. The van der Waals surface area contributed by atoms with Crippen LogP contribution in [0.4, 0.5) is 0 Å². The van der Waals surface area contributed by atoms with Crippen LogP contribution in [0.1, 0.15) is 14.5 Å². The lowest BCUT2D eigenvalue weighted by atomic mass is 10.3. The van der Waals surface area contributed by atoms with Gasteiger partial charge in [0.05, 0.1) is 5.56 Å². The summed E-state index contributed by atoms with van der Waals surface area (Å²) in [5.74, 6) is -1.28. The van der Waals surface area contributed by atoms with Crippen molar-refractivity contribution in [3.05, 3.63) is 34.2 Å². The monoisotopic (exact) mass is 156 g/mol. The molecule has 0 unspecified atom stereocenters. The number of aromatic carboxylic acids is 1. The normalized spacial score (nSPS) is 14.7. The topological polar surface area (TPSA) is 59.3 Å². The number of carbonyl (C=O) groups is 1. The minimum absolute atomic E-state index is 0.235. The first kappa shape index (κ1) is 4.33. The smallest absolute Gasteiger partial charge is 0.337 e. The van der Waals surface area contributed by atoms with Crippen molar-refractivity contribution in [1.29, 1.82) is 0 Å². The highest BCUT2D eigenvalue weighted by Gasteiger charge is 2.01. The minimum atomic E-state index is -2.65. The molecule has 1 N–H and O–H groups in total. The van der Waals surface area contributed by atoms with Gasteiger partial charge < -0.3 is 9.67 Å². The number of carboxylic acid groups (broad SMARTS) is 1. The van der Waals surface area contributed by atoms with Gasteiger partial charge in [0.1, 0.15) is 0 Å². The van der Waals surface area contributed by atoms with Crippen LogP contribution in [0.15, 0.2) is 23.1 Å². The maximum atomic E-state index is 11.1. The molecule has 0 bridgehead atoms. The summed E-state index contributed by atoms with van der Waals surface area (Å²) in [6.07, 6.45) is 0.803. The van der Waals surface area contributed by atoms with Gasteiger partial charge in [-0.25, -0.2) is 4.79 Å². The first-order chi connectivity index (χ1) is 6.32. The maximum Gasteiger partial charge on any atom is 0.337 e. The van der Waals surface area contributed by atoms with Crippen LogP contribution in [0, 0.1) is 0 Å².